The highest BCUT2D eigenvalue weighted by Gasteiger charge is 2.27. The average molecular weight is 560 g/mol. The van der Waals surface area contributed by atoms with E-state index in [0.29, 0.717) is 44.2 Å². The van der Waals surface area contributed by atoms with Gasteiger partial charge in [-0.1, -0.05) is 47.6 Å². The summed E-state index contributed by atoms with van der Waals surface area (Å²) in [5, 5.41) is 26.7. The van der Waals surface area contributed by atoms with Crippen LogP contribution < -0.4 is 10.1 Å². The minimum Gasteiger partial charge on any atom is -0.491 e. The number of aliphatic hydroxyl groups excluding tert-OH is 1. The fraction of sp³-hybridized carbons (Fsp3) is 0.214. The van der Waals surface area contributed by atoms with Gasteiger partial charge in [-0.3, -0.25) is 0 Å². The van der Waals surface area contributed by atoms with Gasteiger partial charge in [-0.2, -0.15) is 5.26 Å². The molecule has 1 aliphatic rings. The quantitative estimate of drug-likeness (QED) is 0.157. The highest BCUT2D eigenvalue weighted by atomic mass is 35.5. The number of anilines is 1. The van der Waals surface area contributed by atoms with Crippen LogP contribution in [0.3, 0.4) is 0 Å². The molecule has 1 saturated carbocycles. The van der Waals surface area contributed by atoms with Gasteiger partial charge in [-0.05, 0) is 42.7 Å². The van der Waals surface area contributed by atoms with Crippen molar-refractivity contribution >= 4 is 46.2 Å². The van der Waals surface area contributed by atoms with Gasteiger partial charge in [-0.15, -0.1) is 11.3 Å². The van der Waals surface area contributed by atoms with Crippen molar-refractivity contribution < 1.29 is 9.84 Å². The lowest BCUT2D eigenvalue weighted by Gasteiger charge is -2.16. The zero-order chi connectivity index (χ0) is 26.5. The van der Waals surface area contributed by atoms with E-state index in [1.54, 1.807) is 23.5 Å². The van der Waals surface area contributed by atoms with E-state index in [2.05, 4.69) is 16.2 Å². The number of aromatic nitrogens is 2. The predicted molar refractivity (Wildman–Crippen MR) is 152 cm³/mol. The molecular weight excluding hydrogens is 538 g/mol. The molecule has 1 aliphatic carbocycles. The van der Waals surface area contributed by atoms with Crippen LogP contribution >= 0.6 is 34.7 Å². The van der Waals surface area contributed by atoms with Crippen molar-refractivity contribution in [2.75, 3.05) is 18.5 Å². The van der Waals surface area contributed by atoms with E-state index in [-0.39, 0.29) is 19.3 Å². The Labute approximate surface area is 233 Å². The second kappa shape index (κ2) is 11.8. The first-order valence-electron chi connectivity index (χ1n) is 11.9. The number of nitriles is 1. The van der Waals surface area contributed by atoms with Crippen molar-refractivity contribution in [1.29, 1.82) is 5.26 Å². The second-order valence-electron chi connectivity index (χ2n) is 8.54. The third-order valence-corrected chi connectivity index (χ3v) is 7.98. The van der Waals surface area contributed by atoms with E-state index in [4.69, 9.17) is 38.0 Å². The summed E-state index contributed by atoms with van der Waals surface area (Å²) in [6, 6.07) is 17.4. The van der Waals surface area contributed by atoms with E-state index in [0.717, 1.165) is 34.7 Å². The van der Waals surface area contributed by atoms with Gasteiger partial charge >= 0.3 is 0 Å². The fourth-order valence-corrected chi connectivity index (χ4v) is 5.73. The van der Waals surface area contributed by atoms with E-state index < -0.39 is 0 Å². The molecule has 0 bridgehead atoms. The summed E-state index contributed by atoms with van der Waals surface area (Å²) in [7, 11) is 0. The van der Waals surface area contributed by atoms with Crippen molar-refractivity contribution in [3.8, 4) is 33.5 Å². The first-order valence-corrected chi connectivity index (χ1v) is 14.1. The van der Waals surface area contributed by atoms with Crippen molar-refractivity contribution in [2.45, 2.75) is 29.7 Å². The zero-order valence-electron chi connectivity index (χ0n) is 20.1. The molecule has 2 aromatic heterocycles. The Morgan fingerprint density at radius 2 is 1.89 bits per heavy atom. The fourth-order valence-electron chi connectivity index (χ4n) is 3.80. The Bertz CT molecular complexity index is 1520. The van der Waals surface area contributed by atoms with Crippen LogP contribution in [0, 0.1) is 17.9 Å². The Balaban J connectivity index is 1.48. The number of nitrogens with one attached hydrogen (secondary N) is 1. The molecule has 0 spiro atoms. The van der Waals surface area contributed by atoms with E-state index >= 15 is 0 Å². The van der Waals surface area contributed by atoms with E-state index in [1.165, 1.54) is 11.8 Å². The highest BCUT2D eigenvalue weighted by molar-refractivity contribution is 7.98. The van der Waals surface area contributed by atoms with Gasteiger partial charge in [-0.25, -0.2) is 14.8 Å². The van der Waals surface area contributed by atoms with Crippen LogP contribution in [0.15, 0.2) is 58.9 Å². The maximum absolute atomic E-state index is 10.2. The van der Waals surface area contributed by atoms with Gasteiger partial charge in [0.2, 0.25) is 5.69 Å². The third-order valence-electron chi connectivity index (χ3n) is 5.78. The topological polar surface area (TPSA) is 95.4 Å². The molecule has 0 radical (unpaired) electrons. The number of aliphatic hydroxyl groups is 1. The number of hydrogen-bond acceptors (Lipinski definition) is 8. The summed E-state index contributed by atoms with van der Waals surface area (Å²) in [6.07, 6.45) is 2.06. The van der Waals surface area contributed by atoms with Crippen LogP contribution in [-0.4, -0.2) is 34.3 Å². The number of hydrogen-bond donors (Lipinski definition) is 2. The van der Waals surface area contributed by atoms with Gasteiger partial charge in [0.05, 0.1) is 24.4 Å². The molecule has 0 amide bonds. The Hall–Kier alpha value is -3.60. The van der Waals surface area contributed by atoms with Gasteiger partial charge in [0.15, 0.2) is 0 Å². The second-order valence-corrected chi connectivity index (χ2v) is 10.8. The van der Waals surface area contributed by atoms with Crippen molar-refractivity contribution in [1.82, 2.24) is 9.97 Å². The average Bonchev–Trinajstić information content (AvgIpc) is 3.64. The van der Waals surface area contributed by atoms with Gasteiger partial charge < -0.3 is 15.2 Å². The highest BCUT2D eigenvalue weighted by Crippen LogP contribution is 2.44. The van der Waals surface area contributed by atoms with Crippen LogP contribution in [0.5, 0.6) is 5.75 Å². The minimum absolute atomic E-state index is 0.0798. The maximum Gasteiger partial charge on any atom is 0.237 e. The number of rotatable bonds is 10. The number of halogens is 1. The van der Waals surface area contributed by atoms with Crippen molar-refractivity contribution in [2.24, 2.45) is 0 Å². The molecule has 38 heavy (non-hydrogen) atoms. The number of ether oxygens (including phenoxy) is 1. The molecule has 1 fully saturated rings. The molecular formula is C28H22ClN5O2S2. The molecule has 5 rings (SSSR count). The number of nitrogens with zero attached hydrogens (tertiary/aromatic N) is 4. The van der Waals surface area contributed by atoms with Crippen LogP contribution in [0.25, 0.3) is 26.5 Å². The summed E-state index contributed by atoms with van der Waals surface area (Å²) in [5.41, 5.74) is 3.86. The number of benzene rings is 2. The van der Waals surface area contributed by atoms with Crippen LogP contribution in [0.1, 0.15) is 24.1 Å². The molecule has 0 atom stereocenters. The predicted octanol–water partition coefficient (Wildman–Crippen LogP) is 7.19. The number of pyridine rings is 1. The SMILES string of the molecule is [C-]#[N+]c1c(NC2CC2)nc(SCc2csc(-c3ccc(Cl)cc3)n2)c(C#N)c1-c1ccc(OCCO)cc1. The molecule has 190 valence electrons. The minimum atomic E-state index is -0.0798. The smallest absolute Gasteiger partial charge is 0.237 e. The van der Waals surface area contributed by atoms with Crippen LogP contribution in [-0.2, 0) is 5.75 Å². The number of thiazole rings is 1. The van der Waals surface area contributed by atoms with Gasteiger partial charge in [0.25, 0.3) is 0 Å². The van der Waals surface area contributed by atoms with E-state index in [1.807, 2.05) is 41.8 Å². The summed E-state index contributed by atoms with van der Waals surface area (Å²) >= 11 is 9.00. The van der Waals surface area contributed by atoms with Crippen molar-refractivity contribution in [3.05, 3.63) is 81.6 Å². The van der Waals surface area contributed by atoms with Crippen molar-refractivity contribution in [3.63, 3.8) is 0 Å². The molecule has 2 heterocycles. The first kappa shape index (κ1) is 26.0. The molecule has 2 N–H and O–H groups in total. The molecule has 10 heteroatoms. The summed E-state index contributed by atoms with van der Waals surface area (Å²) in [6.45, 7) is 8.02. The molecule has 4 aromatic rings. The largest absolute Gasteiger partial charge is 0.491 e. The van der Waals surface area contributed by atoms with Crippen LogP contribution in [0.2, 0.25) is 5.02 Å². The lowest BCUT2D eigenvalue weighted by molar-refractivity contribution is 0.201. The molecule has 2 aromatic carbocycles. The molecule has 0 aliphatic heterocycles. The lowest BCUT2D eigenvalue weighted by Crippen LogP contribution is -2.06. The Morgan fingerprint density at radius 3 is 2.55 bits per heavy atom. The third kappa shape index (κ3) is 5.93. The van der Waals surface area contributed by atoms with E-state index in [9.17, 15) is 5.26 Å². The monoisotopic (exact) mass is 559 g/mol. The Kier molecular flexibility index (Phi) is 8.11. The standard InChI is InChI=1S/C28H22ClN5O2S2/c1-31-25-24(17-4-10-22(11-5-17)36-13-12-35)23(14-30)28(34-26(25)32-20-8-9-20)38-16-21-15-37-27(33-21)18-2-6-19(29)7-3-18/h2-7,10-11,15,20,35H,8-9,12-13,16H2,(H,32,34). The van der Waals surface area contributed by atoms with Gasteiger partial charge in [0.1, 0.15) is 34.3 Å². The summed E-state index contributed by atoms with van der Waals surface area (Å²) in [5.74, 6) is 1.63. The zero-order valence-corrected chi connectivity index (χ0v) is 22.5. The summed E-state index contributed by atoms with van der Waals surface area (Å²) < 4.78 is 5.48. The molecule has 0 unspecified atom stereocenters. The normalized spacial score (nSPS) is 12.5. The van der Waals surface area contributed by atoms with Crippen LogP contribution in [0.4, 0.5) is 11.5 Å². The maximum atomic E-state index is 10.2. The molecule has 0 saturated heterocycles. The Morgan fingerprint density at radius 1 is 1.16 bits per heavy atom. The first-order chi connectivity index (χ1) is 18.6. The molecule has 7 nitrogen and oxygen atoms in total. The summed E-state index contributed by atoms with van der Waals surface area (Å²) in [4.78, 5) is 13.3. The van der Waals surface area contributed by atoms with Gasteiger partial charge in [0, 0.05) is 33.3 Å². The lowest BCUT2D eigenvalue weighted by atomic mass is 9.99. The number of thioether (sulfide) groups is 1.